The van der Waals surface area contributed by atoms with Crippen molar-refractivity contribution in [1.29, 1.82) is 0 Å². The van der Waals surface area contributed by atoms with E-state index in [0.717, 1.165) is 5.56 Å². The number of aliphatic hydroxyl groups excluding tert-OH is 1. The lowest BCUT2D eigenvalue weighted by Crippen LogP contribution is -2.45. The molecule has 4 aromatic rings. The molecular weight excluding hydrogens is 596 g/mol. The van der Waals surface area contributed by atoms with Gasteiger partial charge in [0.15, 0.2) is 0 Å². The molecule has 0 radical (unpaired) electrons. The first-order valence-corrected chi connectivity index (χ1v) is 15.3. The number of benzene rings is 4. The SMILES string of the molecule is CCO.Cc1ccc(S(=O)(=O)Oc2ccc(/C=C(/NC(=O)c3ccccc3)C(=O)NC(Cc3ccccc3)C(=O)O)cc2)cc1. The Kier molecular flexibility index (Phi) is 12.6. The zero-order valence-electron chi connectivity index (χ0n) is 24.7. The van der Waals surface area contributed by atoms with E-state index in [1.54, 1.807) is 79.7 Å². The normalized spacial score (nSPS) is 11.8. The largest absolute Gasteiger partial charge is 0.480 e. The summed E-state index contributed by atoms with van der Waals surface area (Å²) in [5, 5.41) is 22.4. The van der Waals surface area contributed by atoms with Crippen molar-refractivity contribution >= 4 is 34.0 Å². The minimum Gasteiger partial charge on any atom is -0.480 e. The van der Waals surface area contributed by atoms with E-state index in [1.165, 1.54) is 42.5 Å². The van der Waals surface area contributed by atoms with Gasteiger partial charge in [0.1, 0.15) is 22.4 Å². The minimum atomic E-state index is -4.07. The summed E-state index contributed by atoms with van der Waals surface area (Å²) in [4.78, 5) is 38.1. The predicted molar refractivity (Wildman–Crippen MR) is 170 cm³/mol. The van der Waals surface area contributed by atoms with Crippen molar-refractivity contribution in [2.24, 2.45) is 0 Å². The molecule has 1 atom stereocenters. The second kappa shape index (κ2) is 16.6. The molecule has 0 fully saturated rings. The van der Waals surface area contributed by atoms with Crippen LogP contribution in [0.5, 0.6) is 5.75 Å². The van der Waals surface area contributed by atoms with Crippen LogP contribution in [0.25, 0.3) is 6.08 Å². The predicted octanol–water partition coefficient (Wildman–Crippen LogP) is 4.34. The Hall–Kier alpha value is -5.26. The van der Waals surface area contributed by atoms with Crippen LogP contribution in [0.2, 0.25) is 0 Å². The molecule has 0 aliphatic heterocycles. The summed E-state index contributed by atoms with van der Waals surface area (Å²) in [5.41, 5.74) is 2.12. The second-order valence-corrected chi connectivity index (χ2v) is 11.2. The van der Waals surface area contributed by atoms with Gasteiger partial charge in [0.25, 0.3) is 11.8 Å². The minimum absolute atomic E-state index is 0.00291. The van der Waals surface area contributed by atoms with Crippen LogP contribution in [0.4, 0.5) is 0 Å². The van der Waals surface area contributed by atoms with Gasteiger partial charge in [-0.2, -0.15) is 8.42 Å². The summed E-state index contributed by atoms with van der Waals surface area (Å²) in [5.74, 6) is -2.58. The van der Waals surface area contributed by atoms with E-state index >= 15 is 0 Å². The molecule has 0 aliphatic rings. The van der Waals surface area contributed by atoms with Gasteiger partial charge in [-0.3, -0.25) is 9.59 Å². The lowest BCUT2D eigenvalue weighted by Gasteiger charge is -2.17. The van der Waals surface area contributed by atoms with E-state index < -0.39 is 33.9 Å². The number of rotatable bonds is 11. The van der Waals surface area contributed by atoms with Gasteiger partial charge < -0.3 is 25.0 Å². The lowest BCUT2D eigenvalue weighted by molar-refractivity contribution is -0.141. The number of carboxylic acid groups (broad SMARTS) is 1. The molecule has 0 aromatic heterocycles. The van der Waals surface area contributed by atoms with Gasteiger partial charge in [-0.25, -0.2) is 4.79 Å². The number of aliphatic carboxylic acids is 1. The van der Waals surface area contributed by atoms with Crippen molar-refractivity contribution in [2.75, 3.05) is 6.61 Å². The molecule has 0 spiro atoms. The summed E-state index contributed by atoms with van der Waals surface area (Å²) in [6.07, 6.45) is 1.39. The van der Waals surface area contributed by atoms with Gasteiger partial charge in [0.2, 0.25) is 0 Å². The zero-order chi connectivity index (χ0) is 32.8. The Bertz CT molecular complexity index is 1710. The van der Waals surface area contributed by atoms with Gasteiger partial charge in [0, 0.05) is 18.6 Å². The number of hydrogen-bond donors (Lipinski definition) is 4. The standard InChI is InChI=1S/C32H28N2O7S.C2H6O/c1-22-12-18-27(19-13-22)42(39,40)41-26-16-14-24(15-17-26)20-28(33-30(35)25-10-6-3-7-11-25)31(36)34-29(32(37)38)21-23-8-4-2-5-9-23;1-2-3/h2-20,29H,21H2,1H3,(H,33,35)(H,34,36)(H,37,38);3H,2H2,1H3/b28-20+;. The maximum Gasteiger partial charge on any atom is 0.339 e. The van der Waals surface area contributed by atoms with E-state index in [4.69, 9.17) is 9.29 Å². The molecule has 4 aromatic carbocycles. The molecular formula is C34H34N2O8S. The van der Waals surface area contributed by atoms with E-state index in [9.17, 15) is 27.9 Å². The third kappa shape index (κ3) is 10.8. The zero-order valence-corrected chi connectivity index (χ0v) is 25.5. The van der Waals surface area contributed by atoms with Gasteiger partial charge in [-0.15, -0.1) is 0 Å². The smallest absolute Gasteiger partial charge is 0.339 e. The lowest BCUT2D eigenvalue weighted by atomic mass is 10.1. The van der Waals surface area contributed by atoms with Gasteiger partial charge in [-0.05, 0) is 67.4 Å². The van der Waals surface area contributed by atoms with Crippen molar-refractivity contribution in [2.45, 2.75) is 31.2 Å². The highest BCUT2D eigenvalue weighted by Crippen LogP contribution is 2.21. The number of amides is 2. The average molecular weight is 631 g/mol. The van der Waals surface area contributed by atoms with Crippen LogP contribution in [0.3, 0.4) is 0 Å². The fourth-order valence-corrected chi connectivity index (χ4v) is 4.82. The van der Waals surface area contributed by atoms with E-state index in [2.05, 4.69) is 10.6 Å². The first kappa shape index (κ1) is 34.2. The number of nitrogens with one attached hydrogen (secondary N) is 2. The van der Waals surface area contributed by atoms with Crippen molar-refractivity contribution < 1.29 is 37.2 Å². The summed E-state index contributed by atoms with van der Waals surface area (Å²) < 4.78 is 30.5. The number of carboxylic acids is 1. The van der Waals surface area contributed by atoms with Crippen molar-refractivity contribution in [3.63, 3.8) is 0 Å². The van der Waals surface area contributed by atoms with Crippen molar-refractivity contribution in [3.8, 4) is 5.75 Å². The van der Waals surface area contributed by atoms with Gasteiger partial charge in [0.05, 0.1) is 0 Å². The van der Waals surface area contributed by atoms with Crippen LogP contribution in [0.1, 0.15) is 34.0 Å². The number of hydrogen-bond acceptors (Lipinski definition) is 7. The maximum atomic E-state index is 13.3. The topological polar surface area (TPSA) is 159 Å². The first-order chi connectivity index (χ1) is 21.5. The van der Waals surface area contributed by atoms with Crippen LogP contribution >= 0.6 is 0 Å². The highest BCUT2D eigenvalue weighted by Gasteiger charge is 2.24. The Morgan fingerprint density at radius 1 is 0.844 bits per heavy atom. The Balaban J connectivity index is 0.00000177. The molecule has 2 amide bonds. The molecule has 45 heavy (non-hydrogen) atoms. The fraction of sp³-hybridized carbons (Fsp3) is 0.147. The van der Waals surface area contributed by atoms with Crippen LogP contribution in [0.15, 0.2) is 120 Å². The molecule has 4 N–H and O–H groups in total. The Morgan fingerprint density at radius 2 is 1.40 bits per heavy atom. The highest BCUT2D eigenvalue weighted by atomic mass is 32.2. The third-order valence-corrected chi connectivity index (χ3v) is 7.38. The van der Waals surface area contributed by atoms with Crippen molar-refractivity contribution in [3.05, 3.63) is 137 Å². The summed E-state index contributed by atoms with van der Waals surface area (Å²) in [6, 6.07) is 27.8. The molecule has 234 valence electrons. The summed E-state index contributed by atoms with van der Waals surface area (Å²) in [7, 11) is -4.07. The number of aliphatic hydroxyl groups is 1. The molecule has 1 unspecified atom stereocenters. The second-order valence-electron chi connectivity index (χ2n) is 9.67. The molecule has 0 bridgehead atoms. The molecule has 11 heteroatoms. The van der Waals surface area contributed by atoms with Crippen LogP contribution in [-0.2, 0) is 26.1 Å². The van der Waals surface area contributed by atoms with Gasteiger partial charge in [-0.1, -0.05) is 78.4 Å². The number of carbonyl (C=O) groups is 3. The Labute approximate surface area is 262 Å². The number of aryl methyl sites for hydroxylation is 1. The fourth-order valence-electron chi connectivity index (χ4n) is 3.89. The van der Waals surface area contributed by atoms with E-state index in [-0.39, 0.29) is 29.4 Å². The molecule has 0 aliphatic carbocycles. The maximum absolute atomic E-state index is 13.3. The van der Waals surface area contributed by atoms with Crippen LogP contribution < -0.4 is 14.8 Å². The third-order valence-electron chi connectivity index (χ3n) is 6.12. The van der Waals surface area contributed by atoms with Crippen molar-refractivity contribution in [1.82, 2.24) is 10.6 Å². The Morgan fingerprint density at radius 3 is 1.96 bits per heavy atom. The first-order valence-electron chi connectivity index (χ1n) is 13.9. The quantitative estimate of drug-likeness (QED) is 0.141. The van der Waals surface area contributed by atoms with Crippen LogP contribution in [0, 0.1) is 6.92 Å². The summed E-state index contributed by atoms with van der Waals surface area (Å²) in [6.45, 7) is 3.77. The molecule has 10 nitrogen and oxygen atoms in total. The average Bonchev–Trinajstić information content (AvgIpc) is 3.02. The van der Waals surface area contributed by atoms with E-state index in [0.29, 0.717) is 16.7 Å². The highest BCUT2D eigenvalue weighted by molar-refractivity contribution is 7.87. The molecule has 0 saturated carbocycles. The molecule has 0 saturated heterocycles. The number of carbonyl (C=O) groups excluding carboxylic acids is 2. The van der Waals surface area contributed by atoms with Crippen LogP contribution in [-0.4, -0.2) is 49.1 Å². The molecule has 0 heterocycles. The monoisotopic (exact) mass is 630 g/mol. The summed E-state index contributed by atoms with van der Waals surface area (Å²) >= 11 is 0. The molecule has 4 rings (SSSR count). The van der Waals surface area contributed by atoms with Gasteiger partial charge >= 0.3 is 16.1 Å². The van der Waals surface area contributed by atoms with E-state index in [1.807, 2.05) is 6.92 Å².